The van der Waals surface area contributed by atoms with Crippen LogP contribution in [0.1, 0.15) is 25.0 Å². The number of anilines is 1. The Labute approximate surface area is 148 Å². The highest BCUT2D eigenvalue weighted by Gasteiger charge is 2.16. The lowest BCUT2D eigenvalue weighted by Crippen LogP contribution is -2.28. The summed E-state index contributed by atoms with van der Waals surface area (Å²) in [5.74, 6) is 0. The molecule has 4 heteroatoms. The third-order valence-electron chi connectivity index (χ3n) is 4.33. The highest BCUT2D eigenvalue weighted by molar-refractivity contribution is 6.01. The van der Waals surface area contributed by atoms with Gasteiger partial charge in [0.05, 0.1) is 0 Å². The number of nitrogens with one attached hydrogen (secondary N) is 1. The van der Waals surface area contributed by atoms with Crippen molar-refractivity contribution >= 4 is 11.9 Å². The quantitative estimate of drug-likeness (QED) is 0.495. The number of benzene rings is 2. The molecule has 0 amide bonds. The van der Waals surface area contributed by atoms with Gasteiger partial charge in [0.25, 0.3) is 0 Å². The molecule has 0 aliphatic carbocycles. The smallest absolute Gasteiger partial charge is 0.0409 e. The van der Waals surface area contributed by atoms with Crippen LogP contribution in [-0.2, 0) is 5.54 Å². The van der Waals surface area contributed by atoms with Gasteiger partial charge in [-0.15, -0.1) is 0 Å². The number of hydrogen-bond donors (Lipinski definition) is 3. The molecule has 0 saturated carbocycles. The topological polar surface area (TPSA) is 88.8 Å². The second-order valence-corrected chi connectivity index (χ2v) is 6.67. The lowest BCUT2D eigenvalue weighted by atomic mass is 9.88. The molecule has 25 heavy (non-hydrogen) atoms. The van der Waals surface area contributed by atoms with Crippen LogP contribution in [-0.4, -0.2) is 11.2 Å². The zero-order valence-electron chi connectivity index (χ0n) is 14.5. The zero-order valence-corrected chi connectivity index (χ0v) is 14.5. The van der Waals surface area contributed by atoms with Gasteiger partial charge in [-0.25, -0.2) is 0 Å². The Hall–Kier alpha value is -2.98. The zero-order chi connectivity index (χ0) is 18.0. The summed E-state index contributed by atoms with van der Waals surface area (Å²) in [4.78, 5) is 4.09. The van der Waals surface area contributed by atoms with Crippen LogP contribution in [0, 0.1) is 5.41 Å². The summed E-state index contributed by atoms with van der Waals surface area (Å²) < 4.78 is 0. The molecular weight excluding hydrogens is 308 g/mol. The Bertz CT molecular complexity index is 892. The molecule has 5 N–H and O–H groups in total. The van der Waals surface area contributed by atoms with E-state index in [-0.39, 0.29) is 5.54 Å². The van der Waals surface area contributed by atoms with Crippen LogP contribution in [0.2, 0.25) is 0 Å². The third-order valence-corrected chi connectivity index (χ3v) is 4.33. The number of nitrogens with two attached hydrogens (primary N) is 2. The highest BCUT2D eigenvalue weighted by Crippen LogP contribution is 2.37. The molecule has 2 aromatic carbocycles. The van der Waals surface area contributed by atoms with E-state index in [1.54, 1.807) is 12.4 Å². The highest BCUT2D eigenvalue weighted by atomic mass is 14.7. The molecule has 3 rings (SSSR count). The van der Waals surface area contributed by atoms with E-state index in [9.17, 15) is 0 Å². The maximum Gasteiger partial charge on any atom is 0.0409 e. The third kappa shape index (κ3) is 3.30. The molecule has 126 valence electrons. The lowest BCUT2D eigenvalue weighted by molar-refractivity contribution is 0.554. The summed E-state index contributed by atoms with van der Waals surface area (Å²) in [6.45, 7) is 3.97. The van der Waals surface area contributed by atoms with E-state index in [0.29, 0.717) is 11.3 Å². The second kappa shape index (κ2) is 6.49. The van der Waals surface area contributed by atoms with E-state index in [1.807, 2.05) is 50.2 Å². The Morgan fingerprint density at radius 3 is 2.12 bits per heavy atom. The van der Waals surface area contributed by atoms with Gasteiger partial charge < -0.3 is 16.9 Å². The van der Waals surface area contributed by atoms with E-state index < -0.39 is 0 Å². The molecule has 0 radical (unpaired) electrons. The fourth-order valence-corrected chi connectivity index (χ4v) is 2.94. The van der Waals surface area contributed by atoms with Crippen molar-refractivity contribution in [1.82, 2.24) is 4.98 Å². The molecule has 0 spiro atoms. The van der Waals surface area contributed by atoms with Crippen LogP contribution in [0.25, 0.3) is 22.3 Å². The van der Waals surface area contributed by atoms with E-state index >= 15 is 0 Å². The van der Waals surface area contributed by atoms with Crippen LogP contribution in [0.5, 0.6) is 0 Å². The molecule has 4 nitrogen and oxygen atoms in total. The maximum atomic E-state index is 7.81. The van der Waals surface area contributed by atoms with Crippen molar-refractivity contribution in [3.8, 4) is 22.3 Å². The second-order valence-electron chi connectivity index (χ2n) is 6.67. The molecule has 0 aliphatic rings. The SMILES string of the molecule is CC(C)(N)c1ccc(-c2ccc(N)c(C=N)c2-c2ccncc2)cc1. The fourth-order valence-electron chi connectivity index (χ4n) is 2.94. The molecule has 0 saturated heterocycles. The van der Waals surface area contributed by atoms with Gasteiger partial charge in [0.1, 0.15) is 0 Å². The predicted octanol–water partition coefficient (Wildman–Crippen LogP) is 4.19. The molecule has 0 unspecified atom stereocenters. The Morgan fingerprint density at radius 2 is 1.56 bits per heavy atom. The number of rotatable bonds is 4. The minimum atomic E-state index is -0.381. The van der Waals surface area contributed by atoms with Crippen LogP contribution in [0.4, 0.5) is 5.69 Å². The molecule has 0 atom stereocenters. The maximum absolute atomic E-state index is 7.81. The Morgan fingerprint density at radius 1 is 0.920 bits per heavy atom. The first-order valence-electron chi connectivity index (χ1n) is 8.15. The average Bonchev–Trinajstić information content (AvgIpc) is 2.61. The van der Waals surface area contributed by atoms with Crippen molar-refractivity contribution in [1.29, 1.82) is 5.41 Å². The summed E-state index contributed by atoms with van der Waals surface area (Å²) in [5.41, 5.74) is 18.3. The van der Waals surface area contributed by atoms with Gasteiger partial charge >= 0.3 is 0 Å². The molecule has 0 fully saturated rings. The van der Waals surface area contributed by atoms with Crippen LogP contribution >= 0.6 is 0 Å². The van der Waals surface area contributed by atoms with Crippen LogP contribution < -0.4 is 11.5 Å². The summed E-state index contributed by atoms with van der Waals surface area (Å²) in [6.07, 6.45) is 4.80. The molecule has 1 heterocycles. The molecular formula is C21H22N4. The number of nitrogen functional groups attached to an aromatic ring is 1. The minimum Gasteiger partial charge on any atom is -0.398 e. The number of aromatic nitrogens is 1. The Balaban J connectivity index is 2.22. The van der Waals surface area contributed by atoms with Crippen molar-refractivity contribution in [2.45, 2.75) is 19.4 Å². The van der Waals surface area contributed by atoms with Crippen molar-refractivity contribution < 1.29 is 0 Å². The predicted molar refractivity (Wildman–Crippen MR) is 105 cm³/mol. The van der Waals surface area contributed by atoms with Crippen LogP contribution in [0.15, 0.2) is 60.9 Å². The monoisotopic (exact) mass is 330 g/mol. The average molecular weight is 330 g/mol. The van der Waals surface area contributed by atoms with Gasteiger partial charge in [-0.3, -0.25) is 4.98 Å². The Kier molecular flexibility index (Phi) is 4.38. The van der Waals surface area contributed by atoms with Gasteiger partial charge in [0.15, 0.2) is 0 Å². The van der Waals surface area contributed by atoms with E-state index in [1.165, 1.54) is 6.21 Å². The van der Waals surface area contributed by atoms with Crippen molar-refractivity contribution in [3.63, 3.8) is 0 Å². The largest absolute Gasteiger partial charge is 0.398 e. The molecule has 0 bridgehead atoms. The first-order chi connectivity index (χ1) is 11.9. The molecule has 3 aromatic rings. The summed E-state index contributed by atoms with van der Waals surface area (Å²) >= 11 is 0. The first-order valence-corrected chi connectivity index (χ1v) is 8.15. The van der Waals surface area contributed by atoms with E-state index in [4.69, 9.17) is 16.9 Å². The lowest BCUT2D eigenvalue weighted by Gasteiger charge is -2.20. The summed E-state index contributed by atoms with van der Waals surface area (Å²) in [6, 6.07) is 15.9. The number of pyridine rings is 1. The fraction of sp³-hybridized carbons (Fsp3) is 0.143. The number of hydrogen-bond acceptors (Lipinski definition) is 4. The van der Waals surface area contributed by atoms with Gasteiger partial charge in [0.2, 0.25) is 0 Å². The van der Waals surface area contributed by atoms with Gasteiger partial charge in [0, 0.05) is 41.0 Å². The van der Waals surface area contributed by atoms with Gasteiger partial charge in [-0.2, -0.15) is 0 Å². The van der Waals surface area contributed by atoms with Crippen molar-refractivity contribution in [3.05, 3.63) is 72.1 Å². The van der Waals surface area contributed by atoms with E-state index in [0.717, 1.165) is 27.8 Å². The van der Waals surface area contributed by atoms with Crippen molar-refractivity contribution in [2.24, 2.45) is 5.73 Å². The van der Waals surface area contributed by atoms with E-state index in [2.05, 4.69) is 17.1 Å². The van der Waals surface area contributed by atoms with Crippen molar-refractivity contribution in [2.75, 3.05) is 5.73 Å². The summed E-state index contributed by atoms with van der Waals surface area (Å²) in [5, 5.41) is 7.81. The number of nitrogens with zero attached hydrogens (tertiary/aromatic N) is 1. The molecule has 0 aliphatic heterocycles. The van der Waals surface area contributed by atoms with Gasteiger partial charge in [-0.05, 0) is 54.3 Å². The first kappa shape index (κ1) is 16.9. The standard InChI is InChI=1S/C21H22N4/c1-21(2,24)16-5-3-14(4-6-16)17-7-8-19(23)18(13-22)20(17)15-9-11-25-12-10-15/h3-13,22H,23-24H2,1-2H3. The summed E-state index contributed by atoms with van der Waals surface area (Å²) in [7, 11) is 0. The normalized spacial score (nSPS) is 11.3. The molecule has 1 aromatic heterocycles. The van der Waals surface area contributed by atoms with Gasteiger partial charge in [-0.1, -0.05) is 30.3 Å². The minimum absolute atomic E-state index is 0.381. The van der Waals surface area contributed by atoms with Crippen LogP contribution in [0.3, 0.4) is 0 Å².